The molecule has 1 aliphatic rings. The van der Waals surface area contributed by atoms with Crippen LogP contribution in [0, 0.1) is 0 Å². The highest BCUT2D eigenvalue weighted by atomic mass is 15.0. The van der Waals surface area contributed by atoms with E-state index in [1.54, 1.807) is 0 Å². The molecule has 2 aromatic heterocycles. The Balaban J connectivity index is 1.12. The van der Waals surface area contributed by atoms with Gasteiger partial charge in [0.2, 0.25) is 0 Å². The molecule has 0 N–H and O–H groups in total. The summed E-state index contributed by atoms with van der Waals surface area (Å²) in [5.74, 6) is 0. The van der Waals surface area contributed by atoms with E-state index in [2.05, 4.69) is 203 Å². The van der Waals surface area contributed by atoms with Crippen LogP contribution in [0.4, 0.5) is 0 Å². The first kappa shape index (κ1) is 30.0. The second kappa shape index (κ2) is 11.1. The van der Waals surface area contributed by atoms with Crippen LogP contribution < -0.4 is 0 Å². The van der Waals surface area contributed by atoms with Gasteiger partial charge in [-0.2, -0.15) is 0 Å². The Kier molecular flexibility index (Phi) is 5.92. The molecule has 13 rings (SSSR count). The molecule has 0 spiro atoms. The number of hydrogen-bond donors (Lipinski definition) is 0. The van der Waals surface area contributed by atoms with Gasteiger partial charge < -0.3 is 9.13 Å². The quantitative estimate of drug-likeness (QED) is 0.162. The molecule has 0 unspecified atom stereocenters. The van der Waals surface area contributed by atoms with Gasteiger partial charge >= 0.3 is 0 Å². The zero-order valence-electron chi connectivity index (χ0n) is 30.4. The van der Waals surface area contributed by atoms with Crippen molar-refractivity contribution in [1.82, 2.24) is 9.13 Å². The molecule has 10 aromatic carbocycles. The van der Waals surface area contributed by atoms with Gasteiger partial charge in [0.05, 0.1) is 22.1 Å². The summed E-state index contributed by atoms with van der Waals surface area (Å²) in [5.41, 5.74) is 14.9. The summed E-state index contributed by atoms with van der Waals surface area (Å²) in [4.78, 5) is 0. The number of rotatable bonds is 3. The minimum absolute atomic E-state index is 1.15. The van der Waals surface area contributed by atoms with E-state index < -0.39 is 0 Å². The molecule has 12 aromatic rings. The maximum atomic E-state index is 2.52. The molecule has 2 heterocycles. The van der Waals surface area contributed by atoms with Crippen molar-refractivity contribution in [2.45, 2.75) is 0 Å². The van der Waals surface area contributed by atoms with Gasteiger partial charge in [-0.1, -0.05) is 152 Å². The maximum absolute atomic E-state index is 2.52. The minimum Gasteiger partial charge on any atom is -0.309 e. The Morgan fingerprint density at radius 3 is 1.52 bits per heavy atom. The SMILES string of the molecule is c1cc(-c2ccc3c4c(cccc24)-c2ccccc2-3)cc(-n2c3ccc(-n4c5ccccc5c5ccccc54)cc3c3c4ccccc4c4ccccc4c32)c1. The maximum Gasteiger partial charge on any atom is 0.0625 e. The predicted octanol–water partition coefficient (Wildman–Crippen LogP) is 14.7. The Morgan fingerprint density at radius 2 is 0.768 bits per heavy atom. The van der Waals surface area contributed by atoms with Gasteiger partial charge in [0.15, 0.2) is 0 Å². The van der Waals surface area contributed by atoms with E-state index >= 15 is 0 Å². The molecular weight excluding hydrogens is 677 g/mol. The average Bonchev–Trinajstić information content (AvgIpc) is 3.91. The Morgan fingerprint density at radius 1 is 0.250 bits per heavy atom. The summed E-state index contributed by atoms with van der Waals surface area (Å²) in [6, 6.07) is 72.0. The lowest BCUT2D eigenvalue weighted by atomic mass is 9.94. The summed E-state index contributed by atoms with van der Waals surface area (Å²) in [6.45, 7) is 0. The third-order valence-electron chi connectivity index (χ3n) is 12.4. The van der Waals surface area contributed by atoms with Crippen LogP contribution in [0.5, 0.6) is 0 Å². The molecule has 0 bridgehead atoms. The first-order chi connectivity index (χ1) is 27.8. The van der Waals surface area contributed by atoms with Gasteiger partial charge in [-0.3, -0.25) is 0 Å². The van der Waals surface area contributed by atoms with Crippen LogP contribution in [-0.2, 0) is 0 Å². The fraction of sp³-hybridized carbons (Fsp3) is 0. The van der Waals surface area contributed by atoms with E-state index in [1.165, 1.54) is 109 Å². The Labute approximate surface area is 322 Å². The normalized spacial score (nSPS) is 12.3. The van der Waals surface area contributed by atoms with Gasteiger partial charge in [0.25, 0.3) is 0 Å². The molecule has 0 saturated carbocycles. The van der Waals surface area contributed by atoms with E-state index in [0.717, 1.165) is 11.4 Å². The van der Waals surface area contributed by atoms with Gasteiger partial charge in [-0.15, -0.1) is 0 Å². The zero-order chi connectivity index (χ0) is 36.5. The van der Waals surface area contributed by atoms with Crippen LogP contribution in [-0.4, -0.2) is 9.13 Å². The number of nitrogens with zero attached hydrogens (tertiary/aromatic N) is 2. The van der Waals surface area contributed by atoms with Crippen molar-refractivity contribution in [2.75, 3.05) is 0 Å². The van der Waals surface area contributed by atoms with E-state index in [-0.39, 0.29) is 0 Å². The molecule has 0 radical (unpaired) electrons. The predicted molar refractivity (Wildman–Crippen MR) is 238 cm³/mol. The van der Waals surface area contributed by atoms with Crippen molar-refractivity contribution < 1.29 is 0 Å². The molecule has 0 atom stereocenters. The second-order valence-corrected chi connectivity index (χ2v) is 15.2. The number of hydrogen-bond acceptors (Lipinski definition) is 0. The van der Waals surface area contributed by atoms with Gasteiger partial charge in [-0.05, 0) is 103 Å². The average molecular weight is 709 g/mol. The van der Waals surface area contributed by atoms with E-state index in [4.69, 9.17) is 0 Å². The van der Waals surface area contributed by atoms with Gasteiger partial charge in [0.1, 0.15) is 0 Å². The van der Waals surface area contributed by atoms with Gasteiger partial charge in [-0.25, -0.2) is 0 Å². The van der Waals surface area contributed by atoms with Crippen molar-refractivity contribution in [3.05, 3.63) is 194 Å². The van der Waals surface area contributed by atoms with Crippen LogP contribution in [0.3, 0.4) is 0 Å². The Hall–Kier alpha value is -7.42. The molecule has 1 aliphatic carbocycles. The van der Waals surface area contributed by atoms with Crippen molar-refractivity contribution in [3.63, 3.8) is 0 Å². The van der Waals surface area contributed by atoms with Crippen LogP contribution in [0.2, 0.25) is 0 Å². The highest BCUT2D eigenvalue weighted by Crippen LogP contribution is 2.50. The second-order valence-electron chi connectivity index (χ2n) is 15.2. The Bertz CT molecular complexity index is 3570. The lowest BCUT2D eigenvalue weighted by molar-refractivity contribution is 1.17. The topological polar surface area (TPSA) is 9.86 Å². The van der Waals surface area contributed by atoms with E-state index in [0.29, 0.717) is 0 Å². The molecule has 0 amide bonds. The van der Waals surface area contributed by atoms with Crippen molar-refractivity contribution in [2.24, 2.45) is 0 Å². The number of fused-ring (bicyclic) bond motifs is 14. The van der Waals surface area contributed by atoms with E-state index in [1.807, 2.05) is 0 Å². The van der Waals surface area contributed by atoms with Crippen LogP contribution in [0.25, 0.3) is 121 Å². The third kappa shape index (κ3) is 3.90. The number of benzene rings is 10. The third-order valence-corrected chi connectivity index (χ3v) is 12.4. The van der Waals surface area contributed by atoms with Crippen LogP contribution in [0.15, 0.2) is 194 Å². The van der Waals surface area contributed by atoms with Crippen molar-refractivity contribution >= 4 is 75.9 Å². The molecule has 0 aliphatic heterocycles. The lowest BCUT2D eigenvalue weighted by Gasteiger charge is -2.14. The summed E-state index contributed by atoms with van der Waals surface area (Å²) in [7, 11) is 0. The van der Waals surface area contributed by atoms with Crippen LogP contribution in [0.1, 0.15) is 0 Å². The molecule has 258 valence electrons. The molecule has 0 fully saturated rings. The first-order valence-electron chi connectivity index (χ1n) is 19.4. The van der Waals surface area contributed by atoms with Crippen molar-refractivity contribution in [1.29, 1.82) is 0 Å². The summed E-state index contributed by atoms with van der Waals surface area (Å²) < 4.78 is 4.96. The summed E-state index contributed by atoms with van der Waals surface area (Å²) >= 11 is 0. The molecular formula is C54H32N2. The largest absolute Gasteiger partial charge is 0.309 e. The van der Waals surface area contributed by atoms with Crippen LogP contribution >= 0.6 is 0 Å². The molecule has 2 nitrogen and oxygen atoms in total. The minimum atomic E-state index is 1.15. The van der Waals surface area contributed by atoms with Crippen molar-refractivity contribution in [3.8, 4) is 44.8 Å². The standard InChI is InChI=1S/C54H32N2/c1-2-16-38-37(15-1)44-24-12-23-43-36(28-29-46(38)52(43)44)33-13-11-14-34(31-33)56-51-30-27-35(55-49-25-9-7-19-41(49)42-20-8-10-26-50(42)55)32-48(51)53-45-21-5-3-17-39(45)40-18-4-6-22-47(40)54(53)56/h1-32H. The summed E-state index contributed by atoms with van der Waals surface area (Å²) in [6.07, 6.45) is 0. The van der Waals surface area contributed by atoms with Gasteiger partial charge in [0, 0.05) is 38.3 Å². The fourth-order valence-corrected chi connectivity index (χ4v) is 10.1. The lowest BCUT2D eigenvalue weighted by Crippen LogP contribution is -1.97. The monoisotopic (exact) mass is 708 g/mol. The fourth-order valence-electron chi connectivity index (χ4n) is 10.1. The first-order valence-corrected chi connectivity index (χ1v) is 19.4. The smallest absolute Gasteiger partial charge is 0.0625 e. The highest BCUT2D eigenvalue weighted by Gasteiger charge is 2.24. The highest BCUT2D eigenvalue weighted by molar-refractivity contribution is 6.32. The number of aromatic nitrogens is 2. The molecule has 0 saturated heterocycles. The number of para-hydroxylation sites is 2. The molecule has 2 heteroatoms. The van der Waals surface area contributed by atoms with E-state index in [9.17, 15) is 0 Å². The molecule has 56 heavy (non-hydrogen) atoms. The zero-order valence-corrected chi connectivity index (χ0v) is 30.4. The summed E-state index contributed by atoms with van der Waals surface area (Å²) in [5, 5.41) is 12.8.